The first-order valence-electron chi connectivity index (χ1n) is 8.49. The van der Waals surface area contributed by atoms with Gasteiger partial charge in [-0.15, -0.1) is 0 Å². The molecule has 1 aromatic rings. The Kier molecular flexibility index (Phi) is 8.10. The first kappa shape index (κ1) is 22.8. The molecule has 0 spiro atoms. The van der Waals surface area contributed by atoms with E-state index in [1.54, 1.807) is 13.0 Å². The lowest BCUT2D eigenvalue weighted by atomic mass is 9.91. The molecule has 29 heavy (non-hydrogen) atoms. The van der Waals surface area contributed by atoms with Crippen LogP contribution in [0.2, 0.25) is 5.02 Å². The van der Waals surface area contributed by atoms with Crippen LogP contribution in [-0.4, -0.2) is 47.2 Å². The second-order valence-corrected chi connectivity index (χ2v) is 7.78. The number of hydrogen-bond donors (Lipinski definition) is 0. The number of hydrogen-bond acceptors (Lipinski definition) is 9. The largest absolute Gasteiger partial charge is 0.463 e. The molecule has 0 aromatic carbocycles. The number of halogens is 1. The average Bonchev–Trinajstić information content (AvgIpc) is 2.65. The van der Waals surface area contributed by atoms with E-state index in [1.807, 2.05) is 6.07 Å². The normalized spacial score (nSPS) is 26.0. The highest BCUT2D eigenvalue weighted by Crippen LogP contribution is 2.39. The van der Waals surface area contributed by atoms with E-state index >= 15 is 0 Å². The average molecular weight is 440 g/mol. The van der Waals surface area contributed by atoms with Gasteiger partial charge in [0.2, 0.25) is 0 Å². The molecule has 1 saturated heterocycles. The maximum Gasteiger partial charge on any atom is 0.303 e. The van der Waals surface area contributed by atoms with Crippen molar-refractivity contribution >= 4 is 35.3 Å². The molecular weight excluding hydrogens is 422 g/mol. The molecule has 0 N–H and O–H groups in total. The van der Waals surface area contributed by atoms with Crippen molar-refractivity contribution in [3.63, 3.8) is 0 Å². The second kappa shape index (κ2) is 10.3. The highest BCUT2D eigenvalue weighted by molar-refractivity contribution is 7.99. The summed E-state index contributed by atoms with van der Waals surface area (Å²) in [5.74, 6) is -1.48. The van der Waals surface area contributed by atoms with E-state index in [2.05, 4.69) is 15.0 Å². The fourth-order valence-electron chi connectivity index (χ4n) is 2.79. The van der Waals surface area contributed by atoms with Crippen molar-refractivity contribution in [2.75, 3.05) is 6.61 Å². The number of aromatic nitrogens is 1. The summed E-state index contributed by atoms with van der Waals surface area (Å²) in [6.07, 6.45) is -0.279. The van der Waals surface area contributed by atoms with Crippen LogP contribution in [0.4, 0.5) is 0 Å². The summed E-state index contributed by atoms with van der Waals surface area (Å²) in [5, 5.41) is 12.9. The Balaban J connectivity index is 2.31. The molecule has 0 saturated carbocycles. The number of ether oxygens (including phenoxy) is 3. The molecule has 12 heteroatoms. The second-order valence-electron chi connectivity index (χ2n) is 6.21. The van der Waals surface area contributed by atoms with Gasteiger partial charge >= 0.3 is 11.9 Å². The summed E-state index contributed by atoms with van der Waals surface area (Å²) in [7, 11) is 0. The van der Waals surface area contributed by atoms with Crippen molar-refractivity contribution in [3.8, 4) is 6.07 Å². The quantitative estimate of drug-likeness (QED) is 0.284. The summed E-state index contributed by atoms with van der Waals surface area (Å²) >= 11 is 7.29. The molecule has 2 heterocycles. The summed E-state index contributed by atoms with van der Waals surface area (Å²) in [4.78, 5) is 30.3. The topological polar surface area (TPSA) is 147 Å². The van der Waals surface area contributed by atoms with Crippen LogP contribution in [0.25, 0.3) is 10.4 Å². The number of nitrogens with zero attached hydrogens (tertiary/aromatic N) is 5. The predicted molar refractivity (Wildman–Crippen MR) is 103 cm³/mol. The van der Waals surface area contributed by atoms with Crippen LogP contribution in [0.3, 0.4) is 0 Å². The number of carbonyl (C=O) groups is 2. The number of carbonyl (C=O) groups excluding carboxylic acids is 2. The minimum Gasteiger partial charge on any atom is -0.463 e. The molecule has 0 aliphatic carbocycles. The van der Waals surface area contributed by atoms with Crippen LogP contribution < -0.4 is 0 Å². The molecule has 2 rings (SSSR count). The summed E-state index contributed by atoms with van der Waals surface area (Å²) in [5.41, 5.74) is 8.54. The molecule has 5 atom stereocenters. The fraction of sp³-hybridized carbons (Fsp3) is 0.529. The lowest BCUT2D eigenvalue weighted by Crippen LogP contribution is -2.55. The smallest absolute Gasteiger partial charge is 0.303 e. The van der Waals surface area contributed by atoms with Crippen molar-refractivity contribution in [2.24, 2.45) is 11.0 Å². The lowest BCUT2D eigenvalue weighted by Gasteiger charge is -2.43. The number of pyridine rings is 1. The molecule has 154 valence electrons. The van der Waals surface area contributed by atoms with Gasteiger partial charge in [-0.05, 0) is 11.6 Å². The maximum absolute atomic E-state index is 11.5. The number of azide groups is 1. The zero-order valence-electron chi connectivity index (χ0n) is 15.8. The van der Waals surface area contributed by atoms with Gasteiger partial charge in [-0.25, -0.2) is 4.98 Å². The van der Waals surface area contributed by atoms with Gasteiger partial charge in [-0.2, -0.15) is 5.26 Å². The highest BCUT2D eigenvalue weighted by Gasteiger charge is 2.46. The Morgan fingerprint density at radius 2 is 2.21 bits per heavy atom. The molecule has 0 amide bonds. The van der Waals surface area contributed by atoms with Gasteiger partial charge in [0, 0.05) is 35.8 Å². The van der Waals surface area contributed by atoms with E-state index < -0.39 is 35.6 Å². The Hall–Kier alpha value is -2.51. The summed E-state index contributed by atoms with van der Waals surface area (Å²) in [6.45, 7) is 4.08. The van der Waals surface area contributed by atoms with Gasteiger partial charge in [0.05, 0.1) is 11.1 Å². The van der Waals surface area contributed by atoms with Gasteiger partial charge in [0.15, 0.2) is 5.69 Å². The van der Waals surface area contributed by atoms with Gasteiger partial charge in [0.25, 0.3) is 0 Å². The number of rotatable bonds is 6. The van der Waals surface area contributed by atoms with Crippen molar-refractivity contribution in [3.05, 3.63) is 33.4 Å². The molecule has 1 aliphatic heterocycles. The molecule has 10 nitrogen and oxygen atoms in total. The SMILES string of the molecule is CC(=O)OCC1O[C@H](Sc2cnc(C#N)c(Cl)c2)C(C)[C@@H](N=[N+]=[N-])[C@H]1OC(C)=O. The zero-order valence-corrected chi connectivity index (χ0v) is 17.4. The highest BCUT2D eigenvalue weighted by atomic mass is 35.5. The molecular formula is C17H18ClN5O5S. The lowest BCUT2D eigenvalue weighted by molar-refractivity contribution is -0.182. The minimum atomic E-state index is -0.919. The molecule has 1 aliphatic rings. The number of thioether (sulfide) groups is 1. The van der Waals surface area contributed by atoms with Gasteiger partial charge < -0.3 is 14.2 Å². The number of nitriles is 1. The zero-order chi connectivity index (χ0) is 21.6. The first-order chi connectivity index (χ1) is 13.8. The Morgan fingerprint density at radius 3 is 2.76 bits per heavy atom. The van der Waals surface area contributed by atoms with E-state index in [0.717, 1.165) is 0 Å². The third kappa shape index (κ3) is 5.98. The van der Waals surface area contributed by atoms with Crippen molar-refractivity contribution in [2.45, 2.75) is 49.4 Å². The summed E-state index contributed by atoms with van der Waals surface area (Å²) < 4.78 is 16.4. The van der Waals surface area contributed by atoms with Crippen molar-refractivity contribution in [1.82, 2.24) is 4.98 Å². The van der Waals surface area contributed by atoms with Crippen molar-refractivity contribution in [1.29, 1.82) is 5.26 Å². The Morgan fingerprint density at radius 1 is 1.48 bits per heavy atom. The molecule has 2 unspecified atom stereocenters. The fourth-order valence-corrected chi connectivity index (χ4v) is 4.21. The van der Waals surface area contributed by atoms with E-state index in [1.165, 1.54) is 31.8 Å². The van der Waals surface area contributed by atoms with E-state index in [9.17, 15) is 9.59 Å². The van der Waals surface area contributed by atoms with Gasteiger partial charge in [-0.1, -0.05) is 35.4 Å². The number of esters is 2. The molecule has 0 bridgehead atoms. The molecule has 0 radical (unpaired) electrons. The minimum absolute atomic E-state index is 0.100. The third-order valence-electron chi connectivity index (χ3n) is 4.09. The van der Waals surface area contributed by atoms with Gasteiger partial charge in [0.1, 0.15) is 30.3 Å². The third-order valence-corrected chi connectivity index (χ3v) is 5.65. The van der Waals surface area contributed by atoms with Crippen LogP contribution in [0.1, 0.15) is 26.5 Å². The van der Waals surface area contributed by atoms with Crippen LogP contribution in [0, 0.1) is 17.2 Å². The van der Waals surface area contributed by atoms with Crippen LogP contribution in [0.15, 0.2) is 22.3 Å². The molecule has 1 fully saturated rings. The Labute approximate surface area is 176 Å². The van der Waals surface area contributed by atoms with E-state index in [4.69, 9.17) is 36.6 Å². The van der Waals surface area contributed by atoms with E-state index in [-0.39, 0.29) is 23.2 Å². The van der Waals surface area contributed by atoms with Gasteiger partial charge in [-0.3, -0.25) is 9.59 Å². The monoisotopic (exact) mass is 439 g/mol. The first-order valence-corrected chi connectivity index (χ1v) is 9.75. The predicted octanol–water partition coefficient (Wildman–Crippen LogP) is 3.23. The van der Waals surface area contributed by atoms with Crippen LogP contribution in [-0.2, 0) is 23.8 Å². The Bertz CT molecular complexity index is 872. The van der Waals surface area contributed by atoms with Crippen LogP contribution in [0.5, 0.6) is 0 Å². The maximum atomic E-state index is 11.5. The van der Waals surface area contributed by atoms with E-state index in [0.29, 0.717) is 4.90 Å². The standard InChI is InChI=1S/C17H18ClN5O5S/c1-8-15(22-23-20)16(27-10(3)25)14(7-26-9(2)24)28-17(8)29-11-4-12(18)13(5-19)21-6-11/h4,6,8,14-17H,7H2,1-3H3/t8?,14?,15-,16+,17-/m1/s1. The molecule has 1 aromatic heterocycles. The summed E-state index contributed by atoms with van der Waals surface area (Å²) in [6, 6.07) is 2.71. The van der Waals surface area contributed by atoms with Crippen molar-refractivity contribution < 1.29 is 23.8 Å². The van der Waals surface area contributed by atoms with Crippen LogP contribution >= 0.6 is 23.4 Å².